The minimum atomic E-state index is -4.77. The summed E-state index contributed by atoms with van der Waals surface area (Å²) in [6, 6.07) is 0. The number of allylic oxidation sites excluding steroid dienone is 12. The molecule has 0 radical (unpaired) electrons. The molecule has 0 amide bonds. The van der Waals surface area contributed by atoms with Gasteiger partial charge in [0.25, 0.3) is 0 Å². The smallest absolute Gasteiger partial charge is 0.462 e. The minimum Gasteiger partial charge on any atom is -0.462 e. The molecule has 0 fully saturated rings. The summed E-state index contributed by atoms with van der Waals surface area (Å²) in [5.74, 6) is -1.49. The predicted octanol–water partition coefficient (Wildman–Crippen LogP) is 21.6. The highest BCUT2D eigenvalue weighted by atomic mass is 31.2. The molecule has 0 aromatic rings. The molecule has 0 aliphatic carbocycles. The van der Waals surface area contributed by atoms with Gasteiger partial charge in [-0.05, 0) is 89.9 Å². The van der Waals surface area contributed by atoms with E-state index in [9.17, 15) is 28.9 Å². The molecule has 488 valence electrons. The molecule has 84 heavy (non-hydrogen) atoms. The van der Waals surface area contributed by atoms with Gasteiger partial charge >= 0.3 is 25.7 Å². The molecule has 0 heterocycles. The number of aliphatic hydroxyl groups excluding tert-OH is 1. The topological polar surface area (TPSA) is 155 Å². The van der Waals surface area contributed by atoms with E-state index in [0.29, 0.717) is 19.3 Å². The molecule has 12 heteroatoms. The lowest BCUT2D eigenvalue weighted by Crippen LogP contribution is -2.30. The van der Waals surface area contributed by atoms with Crippen molar-refractivity contribution in [1.29, 1.82) is 0 Å². The molecule has 0 rings (SSSR count). The van der Waals surface area contributed by atoms with Gasteiger partial charge < -0.3 is 24.2 Å². The van der Waals surface area contributed by atoms with Crippen molar-refractivity contribution in [1.82, 2.24) is 0 Å². The Balaban J connectivity index is 4.70. The first-order chi connectivity index (χ1) is 41.2. The highest BCUT2D eigenvalue weighted by molar-refractivity contribution is 7.47. The van der Waals surface area contributed by atoms with Gasteiger partial charge in [-0.15, -0.1) is 0 Å². The number of unbranched alkanes of at least 4 members (excludes halogenated alkanes) is 36. The van der Waals surface area contributed by atoms with Crippen molar-refractivity contribution in [2.75, 3.05) is 26.4 Å². The van der Waals surface area contributed by atoms with Crippen LogP contribution in [0.4, 0.5) is 0 Å². The molecule has 0 aromatic carbocycles. The largest absolute Gasteiger partial charge is 0.472 e. The zero-order valence-corrected chi connectivity index (χ0v) is 55.3. The van der Waals surface area contributed by atoms with E-state index in [-0.39, 0.29) is 25.9 Å². The summed E-state index contributed by atoms with van der Waals surface area (Å²) >= 11 is 0. The van der Waals surface area contributed by atoms with Crippen LogP contribution < -0.4 is 0 Å². The second kappa shape index (κ2) is 65.9. The second-order valence-electron chi connectivity index (χ2n) is 23.3. The summed E-state index contributed by atoms with van der Waals surface area (Å²) in [7, 11) is -4.77. The van der Waals surface area contributed by atoms with E-state index in [0.717, 1.165) is 89.9 Å². The number of carbonyl (C=O) groups is 3. The molecule has 0 aromatic heterocycles. The molecule has 0 saturated carbocycles. The molecule has 0 bridgehead atoms. The highest BCUT2D eigenvalue weighted by Gasteiger charge is 2.28. The average Bonchev–Trinajstić information content (AvgIpc) is 3.53. The Hall–Kier alpha value is -3.08. The summed E-state index contributed by atoms with van der Waals surface area (Å²) < 4.78 is 39.8. The Kier molecular flexibility index (Phi) is 63.5. The van der Waals surface area contributed by atoms with Crippen LogP contribution in [-0.4, -0.2) is 66.5 Å². The number of carbonyl (C=O) groups excluding carboxylic acids is 3. The first-order valence-corrected chi connectivity index (χ1v) is 36.3. The first-order valence-electron chi connectivity index (χ1n) is 34.8. The number of rotatable bonds is 65. The number of esters is 3. The SMILES string of the molecule is CC/C=C\C/C=C\C/C=C\C/C=C\C/C=C\CCCCCC(=O)OC(COC(=O)CCCCCCCCCCCCCCCCCCCCC)COP(=O)(O)OCC(CO)OC(=O)CCCCCCCCCCC/C=C\CCCCCCCC. The standard InChI is InChI=1S/C72H129O11P/c1-4-7-10-13-16-19-22-25-28-31-34-37-40-43-46-49-52-55-58-61-70(74)79-65-69(83-72(76)63-60-57-54-51-48-45-42-39-36-33-30-27-24-21-18-15-12-9-6-3)67-81-84(77,78)80-66-68(64-73)82-71(75)62-59-56-53-50-47-44-41-38-35-32-29-26-23-20-17-14-11-8-5-2/h9,12,18,21,26-27,29-30,36,39,45,48,68-69,73H,4-8,10-11,13-17,19-20,22-25,28,31-35,37-38,40-44,46-47,49-67H2,1-3H3,(H,77,78)/b12-9-,21-18-,29-26-,30-27-,39-36-,48-45-. The van der Waals surface area contributed by atoms with Crippen LogP contribution in [0.5, 0.6) is 0 Å². The van der Waals surface area contributed by atoms with Gasteiger partial charge in [0, 0.05) is 19.3 Å². The van der Waals surface area contributed by atoms with E-state index in [1.807, 2.05) is 0 Å². The fourth-order valence-electron chi connectivity index (χ4n) is 9.85. The van der Waals surface area contributed by atoms with Crippen molar-refractivity contribution in [3.63, 3.8) is 0 Å². The van der Waals surface area contributed by atoms with E-state index in [2.05, 4.69) is 93.7 Å². The Morgan fingerprint density at radius 2 is 0.619 bits per heavy atom. The summed E-state index contributed by atoms with van der Waals surface area (Å²) in [5, 5.41) is 9.88. The van der Waals surface area contributed by atoms with E-state index in [4.69, 9.17) is 23.3 Å². The van der Waals surface area contributed by atoms with Crippen LogP contribution in [0, 0.1) is 0 Å². The number of hydrogen-bond acceptors (Lipinski definition) is 10. The van der Waals surface area contributed by atoms with Crippen molar-refractivity contribution in [2.45, 2.75) is 341 Å². The Bertz CT molecular complexity index is 1690. The van der Waals surface area contributed by atoms with Crippen LogP contribution in [0.15, 0.2) is 72.9 Å². The normalized spacial score (nSPS) is 13.6. The molecular formula is C72H129O11P. The molecule has 0 saturated heterocycles. The zero-order chi connectivity index (χ0) is 61.2. The van der Waals surface area contributed by atoms with Gasteiger partial charge in [-0.3, -0.25) is 23.4 Å². The zero-order valence-electron chi connectivity index (χ0n) is 54.4. The van der Waals surface area contributed by atoms with Crippen molar-refractivity contribution < 1.29 is 52.2 Å². The van der Waals surface area contributed by atoms with Gasteiger partial charge in [0.1, 0.15) is 12.7 Å². The lowest BCUT2D eigenvalue weighted by Gasteiger charge is -2.21. The van der Waals surface area contributed by atoms with Gasteiger partial charge in [0.2, 0.25) is 0 Å². The van der Waals surface area contributed by atoms with Gasteiger partial charge in [0.15, 0.2) is 6.10 Å². The van der Waals surface area contributed by atoms with Crippen LogP contribution in [0.25, 0.3) is 0 Å². The van der Waals surface area contributed by atoms with Crippen molar-refractivity contribution in [2.24, 2.45) is 0 Å². The van der Waals surface area contributed by atoms with Gasteiger partial charge in [-0.2, -0.15) is 0 Å². The van der Waals surface area contributed by atoms with E-state index >= 15 is 0 Å². The fourth-order valence-corrected chi connectivity index (χ4v) is 10.6. The Labute approximate surface area is 516 Å². The number of ether oxygens (including phenoxy) is 3. The molecule has 0 spiro atoms. The molecule has 0 aliphatic rings. The molecule has 2 N–H and O–H groups in total. The number of hydrogen-bond donors (Lipinski definition) is 2. The molecular weight excluding hydrogens is 1070 g/mol. The van der Waals surface area contributed by atoms with Gasteiger partial charge in [0.05, 0.1) is 19.8 Å². The number of phosphoric ester groups is 1. The maximum absolute atomic E-state index is 13.0. The molecule has 3 atom stereocenters. The van der Waals surface area contributed by atoms with Crippen LogP contribution >= 0.6 is 7.82 Å². The monoisotopic (exact) mass is 1200 g/mol. The average molecular weight is 1200 g/mol. The first kappa shape index (κ1) is 80.9. The molecule has 0 aliphatic heterocycles. The number of phosphoric acid groups is 1. The van der Waals surface area contributed by atoms with E-state index in [1.54, 1.807) is 0 Å². The third-order valence-corrected chi connectivity index (χ3v) is 16.1. The van der Waals surface area contributed by atoms with Crippen molar-refractivity contribution >= 4 is 25.7 Å². The summed E-state index contributed by atoms with van der Waals surface area (Å²) in [4.78, 5) is 48.9. The summed E-state index contributed by atoms with van der Waals surface area (Å²) in [6.45, 7) is 4.56. The van der Waals surface area contributed by atoms with Crippen LogP contribution in [0.2, 0.25) is 0 Å². The van der Waals surface area contributed by atoms with Gasteiger partial charge in [-0.25, -0.2) is 4.57 Å². The fraction of sp³-hybridized carbons (Fsp3) is 0.792. The lowest BCUT2D eigenvalue weighted by molar-refractivity contribution is -0.161. The second-order valence-corrected chi connectivity index (χ2v) is 24.8. The van der Waals surface area contributed by atoms with E-state index < -0.39 is 57.8 Å². The van der Waals surface area contributed by atoms with Crippen LogP contribution in [0.3, 0.4) is 0 Å². The molecule has 11 nitrogen and oxygen atoms in total. The third kappa shape index (κ3) is 63.4. The van der Waals surface area contributed by atoms with Crippen molar-refractivity contribution in [3.8, 4) is 0 Å². The van der Waals surface area contributed by atoms with Crippen LogP contribution in [0.1, 0.15) is 329 Å². The quantitative estimate of drug-likeness (QED) is 0.0197. The summed E-state index contributed by atoms with van der Waals surface area (Å²) in [5.41, 5.74) is 0. The molecule has 3 unspecified atom stereocenters. The van der Waals surface area contributed by atoms with Crippen LogP contribution in [-0.2, 0) is 42.2 Å². The lowest BCUT2D eigenvalue weighted by atomic mass is 10.0. The Morgan fingerprint density at radius 1 is 0.345 bits per heavy atom. The van der Waals surface area contributed by atoms with Gasteiger partial charge in [-0.1, -0.05) is 293 Å². The Morgan fingerprint density at radius 3 is 0.976 bits per heavy atom. The highest BCUT2D eigenvalue weighted by Crippen LogP contribution is 2.43. The van der Waals surface area contributed by atoms with E-state index in [1.165, 1.54) is 180 Å². The predicted molar refractivity (Wildman–Crippen MR) is 353 cm³/mol. The number of aliphatic hydroxyl groups is 1. The summed E-state index contributed by atoms with van der Waals surface area (Å²) in [6.07, 6.45) is 77.1. The third-order valence-electron chi connectivity index (χ3n) is 15.1. The maximum atomic E-state index is 13.0. The minimum absolute atomic E-state index is 0.129. The maximum Gasteiger partial charge on any atom is 0.472 e. The van der Waals surface area contributed by atoms with Crippen molar-refractivity contribution in [3.05, 3.63) is 72.9 Å².